The van der Waals surface area contributed by atoms with E-state index in [2.05, 4.69) is 10.3 Å². The second-order valence-electron chi connectivity index (χ2n) is 6.30. The number of hydrogen-bond acceptors (Lipinski definition) is 3. The number of urea groups is 1. The Bertz CT molecular complexity index is 635. The number of hydrogen-bond donors (Lipinski definition) is 1. The number of nitrogens with zero attached hydrogens (tertiary/aromatic N) is 3. The molecular formula is C16H21FN4O2. The van der Waals surface area contributed by atoms with E-state index in [1.54, 1.807) is 15.9 Å². The third-order valence-electron chi connectivity index (χ3n) is 4.26. The van der Waals surface area contributed by atoms with Crippen LogP contribution >= 0.6 is 0 Å². The van der Waals surface area contributed by atoms with E-state index in [1.807, 2.05) is 13.8 Å². The quantitative estimate of drug-likeness (QED) is 0.844. The summed E-state index contributed by atoms with van der Waals surface area (Å²) in [6.07, 6.45) is 2.01. The number of fused-ring (bicyclic) bond motifs is 1. The molecule has 7 heteroatoms. The molecule has 0 saturated carbocycles. The molecule has 0 aliphatic carbocycles. The number of rotatable bonds is 2. The Morgan fingerprint density at radius 2 is 2.13 bits per heavy atom. The molecule has 3 rings (SSSR count). The monoisotopic (exact) mass is 320 g/mol. The molecule has 1 aromatic heterocycles. The van der Waals surface area contributed by atoms with E-state index in [0.29, 0.717) is 37.3 Å². The highest BCUT2D eigenvalue weighted by atomic mass is 19.1. The molecule has 23 heavy (non-hydrogen) atoms. The Hall–Kier alpha value is -2.18. The van der Waals surface area contributed by atoms with Crippen LogP contribution in [0, 0.1) is 5.95 Å². The van der Waals surface area contributed by atoms with Crippen LogP contribution < -0.4 is 10.2 Å². The van der Waals surface area contributed by atoms with E-state index in [-0.39, 0.29) is 18.0 Å². The molecule has 0 spiro atoms. The van der Waals surface area contributed by atoms with Crippen molar-refractivity contribution in [3.05, 3.63) is 23.8 Å². The Balaban J connectivity index is 1.77. The van der Waals surface area contributed by atoms with E-state index >= 15 is 0 Å². The molecule has 3 heterocycles. The molecule has 0 unspecified atom stereocenters. The number of carbonyl (C=O) groups is 2. The van der Waals surface area contributed by atoms with Crippen LogP contribution in [0.3, 0.4) is 0 Å². The summed E-state index contributed by atoms with van der Waals surface area (Å²) in [4.78, 5) is 32.2. The number of amides is 3. The third-order valence-corrected chi connectivity index (χ3v) is 4.26. The van der Waals surface area contributed by atoms with Gasteiger partial charge in [0.2, 0.25) is 11.9 Å². The summed E-state index contributed by atoms with van der Waals surface area (Å²) in [5, 5.41) is 2.84. The summed E-state index contributed by atoms with van der Waals surface area (Å²) in [6.45, 7) is 4.85. The van der Waals surface area contributed by atoms with Crippen molar-refractivity contribution < 1.29 is 14.0 Å². The highest BCUT2D eigenvalue weighted by Gasteiger charge is 2.39. The van der Waals surface area contributed by atoms with Gasteiger partial charge in [0.25, 0.3) is 0 Å². The zero-order valence-corrected chi connectivity index (χ0v) is 13.4. The first-order chi connectivity index (χ1) is 11.0. The molecule has 2 aliphatic heterocycles. The van der Waals surface area contributed by atoms with E-state index in [0.717, 1.165) is 6.42 Å². The van der Waals surface area contributed by atoms with Crippen LogP contribution in [0.5, 0.6) is 0 Å². The van der Waals surface area contributed by atoms with Crippen LogP contribution in [0.2, 0.25) is 0 Å². The van der Waals surface area contributed by atoms with Crippen molar-refractivity contribution in [3.8, 4) is 0 Å². The fraction of sp³-hybridized carbons (Fsp3) is 0.562. The maximum atomic E-state index is 13.2. The Kier molecular flexibility index (Phi) is 4.19. The maximum absolute atomic E-state index is 13.2. The highest BCUT2D eigenvalue weighted by Crippen LogP contribution is 2.29. The largest absolute Gasteiger partial charge is 0.336 e. The molecule has 0 bridgehead atoms. The van der Waals surface area contributed by atoms with Crippen molar-refractivity contribution in [2.45, 2.75) is 45.2 Å². The normalized spacial score (nSPS) is 20.1. The maximum Gasteiger partial charge on any atom is 0.318 e. The van der Waals surface area contributed by atoms with Gasteiger partial charge in [-0.25, -0.2) is 9.78 Å². The van der Waals surface area contributed by atoms with Crippen molar-refractivity contribution in [3.63, 3.8) is 0 Å². The van der Waals surface area contributed by atoms with Crippen molar-refractivity contribution in [1.29, 1.82) is 0 Å². The molecule has 124 valence electrons. The first-order valence-corrected chi connectivity index (χ1v) is 8.01. The van der Waals surface area contributed by atoms with Gasteiger partial charge < -0.3 is 15.1 Å². The molecule has 1 aromatic rings. The number of pyridine rings is 1. The average molecular weight is 320 g/mol. The van der Waals surface area contributed by atoms with E-state index < -0.39 is 12.0 Å². The Morgan fingerprint density at radius 1 is 1.35 bits per heavy atom. The summed E-state index contributed by atoms with van der Waals surface area (Å²) < 4.78 is 13.2. The van der Waals surface area contributed by atoms with Crippen molar-refractivity contribution >= 4 is 17.6 Å². The van der Waals surface area contributed by atoms with Gasteiger partial charge in [-0.1, -0.05) is 0 Å². The van der Waals surface area contributed by atoms with Gasteiger partial charge in [-0.05, 0) is 38.8 Å². The van der Waals surface area contributed by atoms with Crippen LogP contribution in [0.25, 0.3) is 0 Å². The van der Waals surface area contributed by atoms with Crippen molar-refractivity contribution in [2.24, 2.45) is 0 Å². The van der Waals surface area contributed by atoms with E-state index in [1.165, 1.54) is 6.07 Å². The van der Waals surface area contributed by atoms with Gasteiger partial charge in [-0.15, -0.1) is 0 Å². The lowest BCUT2D eigenvalue weighted by Gasteiger charge is -2.28. The predicted molar refractivity (Wildman–Crippen MR) is 83.6 cm³/mol. The summed E-state index contributed by atoms with van der Waals surface area (Å²) in [7, 11) is 0. The van der Waals surface area contributed by atoms with Crippen molar-refractivity contribution in [1.82, 2.24) is 15.2 Å². The lowest BCUT2D eigenvalue weighted by atomic mass is 10.2. The standard InChI is InChI=1S/C16H21FN4O2/c1-10(2)18-16(23)21-8-3-4-13(21)15(22)20-9-7-11-12(20)5-6-14(17)19-11/h5-6,10,13H,3-4,7-9H2,1-2H3,(H,18,23)/t13-/m0/s1. The lowest BCUT2D eigenvalue weighted by molar-refractivity contribution is -0.122. The van der Waals surface area contributed by atoms with E-state index in [9.17, 15) is 14.0 Å². The fourth-order valence-electron chi connectivity index (χ4n) is 3.24. The van der Waals surface area contributed by atoms with Crippen molar-refractivity contribution in [2.75, 3.05) is 18.0 Å². The molecule has 1 fully saturated rings. The fourth-order valence-corrected chi connectivity index (χ4v) is 3.24. The van der Waals surface area contributed by atoms with Gasteiger partial charge >= 0.3 is 6.03 Å². The SMILES string of the molecule is CC(C)NC(=O)N1CCC[C@H]1C(=O)N1CCc2nc(F)ccc21. The minimum atomic E-state index is -0.531. The van der Waals surface area contributed by atoms with Crippen LogP contribution in [-0.4, -0.2) is 47.0 Å². The van der Waals surface area contributed by atoms with E-state index in [4.69, 9.17) is 0 Å². The minimum absolute atomic E-state index is 0.0264. The summed E-state index contributed by atoms with van der Waals surface area (Å²) >= 11 is 0. The number of likely N-dealkylation sites (tertiary alicyclic amines) is 1. The Labute approximate surface area is 134 Å². The molecular weight excluding hydrogens is 299 g/mol. The molecule has 3 amide bonds. The second kappa shape index (κ2) is 6.14. The topological polar surface area (TPSA) is 65.5 Å². The number of anilines is 1. The zero-order chi connectivity index (χ0) is 16.6. The van der Waals surface area contributed by atoms with Crippen LogP contribution in [-0.2, 0) is 11.2 Å². The first-order valence-electron chi connectivity index (χ1n) is 8.01. The molecule has 1 atom stereocenters. The lowest BCUT2D eigenvalue weighted by Crippen LogP contribution is -2.51. The zero-order valence-electron chi connectivity index (χ0n) is 13.4. The highest BCUT2D eigenvalue weighted by molar-refractivity contribution is 6.00. The van der Waals surface area contributed by atoms with Crippen LogP contribution in [0.15, 0.2) is 12.1 Å². The molecule has 1 saturated heterocycles. The predicted octanol–water partition coefficient (Wildman–Crippen LogP) is 1.69. The van der Waals surface area contributed by atoms with Gasteiger partial charge in [0.1, 0.15) is 6.04 Å². The van der Waals surface area contributed by atoms with Gasteiger partial charge in [-0.2, -0.15) is 4.39 Å². The van der Waals surface area contributed by atoms with Gasteiger partial charge in [0, 0.05) is 25.6 Å². The van der Waals surface area contributed by atoms with Gasteiger partial charge in [0.05, 0.1) is 11.4 Å². The minimum Gasteiger partial charge on any atom is -0.336 e. The molecule has 1 N–H and O–H groups in total. The first kappa shape index (κ1) is 15.7. The molecule has 0 aromatic carbocycles. The number of halogens is 1. The average Bonchev–Trinajstić information content (AvgIpc) is 3.12. The summed E-state index contributed by atoms with van der Waals surface area (Å²) in [5.41, 5.74) is 1.27. The number of aromatic nitrogens is 1. The van der Waals surface area contributed by atoms with Gasteiger partial charge in [0.15, 0.2) is 0 Å². The molecule has 0 radical (unpaired) electrons. The summed E-state index contributed by atoms with van der Waals surface area (Å²) in [6, 6.07) is 2.23. The van der Waals surface area contributed by atoms with Crippen LogP contribution in [0.1, 0.15) is 32.4 Å². The summed E-state index contributed by atoms with van der Waals surface area (Å²) in [5.74, 6) is -0.634. The van der Waals surface area contributed by atoms with Crippen LogP contribution in [0.4, 0.5) is 14.9 Å². The molecule has 6 nitrogen and oxygen atoms in total. The third kappa shape index (κ3) is 3.00. The Morgan fingerprint density at radius 3 is 2.87 bits per heavy atom. The second-order valence-corrected chi connectivity index (χ2v) is 6.30. The smallest absolute Gasteiger partial charge is 0.318 e. The van der Waals surface area contributed by atoms with Gasteiger partial charge in [-0.3, -0.25) is 4.79 Å². The number of carbonyl (C=O) groups excluding carboxylic acids is 2. The molecule has 2 aliphatic rings. The number of nitrogens with one attached hydrogen (secondary N) is 1.